The molecular weight excluding hydrogens is 266 g/mol. The van der Waals surface area contributed by atoms with Crippen molar-refractivity contribution in [2.45, 2.75) is 40.2 Å². The second-order valence-corrected chi connectivity index (χ2v) is 5.57. The maximum Gasteiger partial charge on any atom is 0.324 e. The number of nitrogens with zero attached hydrogens (tertiary/aromatic N) is 2. The van der Waals surface area contributed by atoms with Crippen molar-refractivity contribution in [2.75, 3.05) is 11.9 Å². The molecule has 0 radical (unpaired) electrons. The van der Waals surface area contributed by atoms with Gasteiger partial charge in [-0.1, -0.05) is 6.92 Å². The van der Waals surface area contributed by atoms with Gasteiger partial charge < -0.3 is 10.0 Å². The molecule has 0 saturated carbocycles. The van der Waals surface area contributed by atoms with E-state index < -0.39 is 12.0 Å². The second-order valence-electron chi connectivity index (χ2n) is 4.37. The first-order valence-corrected chi connectivity index (χ1v) is 6.90. The van der Waals surface area contributed by atoms with Crippen molar-refractivity contribution in [3.8, 4) is 0 Å². The predicted octanol–water partition coefficient (Wildman–Crippen LogP) is 2.48. The Labute approximate surface area is 116 Å². The van der Waals surface area contributed by atoms with Crippen LogP contribution in [0.25, 0.3) is 0 Å². The van der Waals surface area contributed by atoms with Gasteiger partial charge in [0, 0.05) is 10.9 Å². The molecule has 0 bridgehead atoms. The van der Waals surface area contributed by atoms with Gasteiger partial charge in [0.1, 0.15) is 6.54 Å². The van der Waals surface area contributed by atoms with Gasteiger partial charge >= 0.3 is 12.0 Å². The standard InChI is InChI=1S/C12H19N3O3S/c1-5-7(2)15(6-10(16)17)12(18)14-11-13-8(3)9(4)19-11/h7H,5-6H2,1-4H3,(H,16,17)(H,13,14,18). The number of anilines is 1. The van der Waals surface area contributed by atoms with Crippen LogP contribution in [-0.2, 0) is 4.79 Å². The Kier molecular flexibility index (Phi) is 5.29. The van der Waals surface area contributed by atoms with E-state index in [9.17, 15) is 9.59 Å². The monoisotopic (exact) mass is 285 g/mol. The first-order valence-electron chi connectivity index (χ1n) is 6.08. The smallest absolute Gasteiger partial charge is 0.324 e. The molecule has 0 fully saturated rings. The summed E-state index contributed by atoms with van der Waals surface area (Å²) in [6.45, 7) is 7.20. The van der Waals surface area contributed by atoms with Crippen molar-refractivity contribution in [1.29, 1.82) is 0 Å². The SMILES string of the molecule is CCC(C)N(CC(=O)O)C(=O)Nc1nc(C)c(C)s1. The van der Waals surface area contributed by atoms with E-state index in [0.717, 1.165) is 10.6 Å². The fourth-order valence-electron chi connectivity index (χ4n) is 1.48. The number of thiazole rings is 1. The molecule has 1 aromatic rings. The fraction of sp³-hybridized carbons (Fsp3) is 0.583. The van der Waals surface area contributed by atoms with E-state index in [1.54, 1.807) is 0 Å². The van der Waals surface area contributed by atoms with Crippen molar-refractivity contribution in [3.05, 3.63) is 10.6 Å². The number of aromatic nitrogens is 1. The highest BCUT2D eigenvalue weighted by Crippen LogP contribution is 2.21. The summed E-state index contributed by atoms with van der Waals surface area (Å²) in [6.07, 6.45) is 0.691. The first-order chi connectivity index (χ1) is 8.85. The molecule has 0 aliphatic carbocycles. The van der Waals surface area contributed by atoms with Crippen molar-refractivity contribution < 1.29 is 14.7 Å². The third-order valence-corrected chi connectivity index (χ3v) is 3.92. The molecule has 1 rings (SSSR count). The normalized spacial score (nSPS) is 12.0. The lowest BCUT2D eigenvalue weighted by atomic mass is 10.2. The van der Waals surface area contributed by atoms with E-state index in [0.29, 0.717) is 11.6 Å². The van der Waals surface area contributed by atoms with E-state index in [1.165, 1.54) is 16.2 Å². The quantitative estimate of drug-likeness (QED) is 0.870. The number of urea groups is 1. The average Bonchev–Trinajstić information content (AvgIpc) is 2.63. The molecule has 1 aromatic heterocycles. The van der Waals surface area contributed by atoms with Crippen LogP contribution in [-0.4, -0.2) is 39.6 Å². The zero-order valence-corrected chi connectivity index (χ0v) is 12.4. The van der Waals surface area contributed by atoms with Crippen LogP contribution in [0, 0.1) is 13.8 Å². The molecule has 2 N–H and O–H groups in total. The van der Waals surface area contributed by atoms with Crippen molar-refractivity contribution in [1.82, 2.24) is 9.88 Å². The van der Waals surface area contributed by atoms with E-state index in [1.807, 2.05) is 27.7 Å². The van der Waals surface area contributed by atoms with Gasteiger partial charge in [-0.25, -0.2) is 9.78 Å². The Hall–Kier alpha value is -1.63. The molecule has 2 amide bonds. The zero-order valence-electron chi connectivity index (χ0n) is 11.6. The second kappa shape index (κ2) is 6.51. The molecule has 0 aromatic carbocycles. The van der Waals surface area contributed by atoms with Gasteiger partial charge in [-0.05, 0) is 27.2 Å². The molecule has 6 nitrogen and oxygen atoms in total. The number of carbonyl (C=O) groups excluding carboxylic acids is 1. The summed E-state index contributed by atoms with van der Waals surface area (Å²) in [5, 5.41) is 12.0. The predicted molar refractivity (Wildman–Crippen MR) is 74.7 cm³/mol. The molecule has 0 spiro atoms. The van der Waals surface area contributed by atoms with Crippen LogP contribution in [0.4, 0.5) is 9.93 Å². The van der Waals surface area contributed by atoms with Gasteiger partial charge in [-0.2, -0.15) is 0 Å². The van der Waals surface area contributed by atoms with Crippen LogP contribution in [0.1, 0.15) is 30.8 Å². The Balaban J connectivity index is 2.79. The minimum atomic E-state index is -1.03. The van der Waals surface area contributed by atoms with Crippen molar-refractivity contribution >= 4 is 28.5 Å². The lowest BCUT2D eigenvalue weighted by Crippen LogP contribution is -2.44. The Morgan fingerprint density at radius 3 is 2.53 bits per heavy atom. The summed E-state index contributed by atoms with van der Waals surface area (Å²) < 4.78 is 0. The van der Waals surface area contributed by atoms with Gasteiger partial charge in [0.2, 0.25) is 0 Å². The van der Waals surface area contributed by atoms with Crippen LogP contribution in [0.15, 0.2) is 0 Å². The topological polar surface area (TPSA) is 82.5 Å². The van der Waals surface area contributed by atoms with Crippen LogP contribution in [0.5, 0.6) is 0 Å². The summed E-state index contributed by atoms with van der Waals surface area (Å²) in [7, 11) is 0. The molecule has 19 heavy (non-hydrogen) atoms. The van der Waals surface area contributed by atoms with Crippen LogP contribution < -0.4 is 5.32 Å². The van der Waals surface area contributed by atoms with E-state index in [2.05, 4.69) is 10.3 Å². The minimum Gasteiger partial charge on any atom is -0.480 e. The molecule has 0 aliphatic heterocycles. The number of amides is 2. The van der Waals surface area contributed by atoms with Gasteiger partial charge in [0.15, 0.2) is 5.13 Å². The van der Waals surface area contributed by atoms with E-state index in [-0.39, 0.29) is 12.6 Å². The number of hydrogen-bond donors (Lipinski definition) is 2. The highest BCUT2D eigenvalue weighted by atomic mass is 32.1. The summed E-state index contributed by atoms with van der Waals surface area (Å²) in [5.41, 5.74) is 0.869. The van der Waals surface area contributed by atoms with Crippen LogP contribution >= 0.6 is 11.3 Å². The number of nitrogens with one attached hydrogen (secondary N) is 1. The lowest BCUT2D eigenvalue weighted by molar-refractivity contribution is -0.138. The molecule has 1 heterocycles. The van der Waals surface area contributed by atoms with Gasteiger partial charge in [0.05, 0.1) is 5.69 Å². The lowest BCUT2D eigenvalue weighted by Gasteiger charge is -2.26. The van der Waals surface area contributed by atoms with E-state index >= 15 is 0 Å². The van der Waals surface area contributed by atoms with Gasteiger partial charge in [0.25, 0.3) is 0 Å². The van der Waals surface area contributed by atoms with Crippen LogP contribution in [0.2, 0.25) is 0 Å². The summed E-state index contributed by atoms with van der Waals surface area (Å²) >= 11 is 1.38. The maximum absolute atomic E-state index is 12.1. The largest absolute Gasteiger partial charge is 0.480 e. The van der Waals surface area contributed by atoms with Gasteiger partial charge in [-0.3, -0.25) is 10.1 Å². The third kappa shape index (κ3) is 4.20. The molecule has 0 saturated heterocycles. The highest BCUT2D eigenvalue weighted by molar-refractivity contribution is 7.15. The summed E-state index contributed by atoms with van der Waals surface area (Å²) in [4.78, 5) is 29.4. The first kappa shape index (κ1) is 15.4. The highest BCUT2D eigenvalue weighted by Gasteiger charge is 2.22. The zero-order chi connectivity index (χ0) is 14.6. The summed E-state index contributed by atoms with van der Waals surface area (Å²) in [5.74, 6) is -1.03. The van der Waals surface area contributed by atoms with Crippen LogP contribution in [0.3, 0.4) is 0 Å². The minimum absolute atomic E-state index is 0.141. The number of carboxylic acids is 1. The number of carbonyl (C=O) groups is 2. The number of aryl methyl sites for hydroxylation is 2. The van der Waals surface area contributed by atoms with E-state index in [4.69, 9.17) is 5.11 Å². The van der Waals surface area contributed by atoms with Crippen molar-refractivity contribution in [3.63, 3.8) is 0 Å². The number of hydrogen-bond acceptors (Lipinski definition) is 4. The molecule has 1 unspecified atom stereocenters. The third-order valence-electron chi connectivity index (χ3n) is 2.93. The average molecular weight is 285 g/mol. The molecule has 7 heteroatoms. The van der Waals surface area contributed by atoms with Crippen molar-refractivity contribution in [2.24, 2.45) is 0 Å². The van der Waals surface area contributed by atoms with Gasteiger partial charge in [-0.15, -0.1) is 11.3 Å². The fourth-order valence-corrected chi connectivity index (χ4v) is 2.29. The molecule has 0 aliphatic rings. The summed E-state index contributed by atoms with van der Waals surface area (Å²) in [6, 6.07) is -0.566. The number of carboxylic acid groups (broad SMARTS) is 1. The number of rotatable bonds is 5. The molecule has 1 atom stereocenters. The number of aliphatic carboxylic acids is 1. The molecular formula is C12H19N3O3S. The Bertz CT molecular complexity index is 453. The Morgan fingerprint density at radius 1 is 1.47 bits per heavy atom. The molecule has 106 valence electrons. The Morgan fingerprint density at radius 2 is 2.11 bits per heavy atom. The maximum atomic E-state index is 12.1.